The van der Waals surface area contributed by atoms with E-state index in [-0.39, 0.29) is 24.2 Å². The molecule has 1 saturated heterocycles. The lowest BCUT2D eigenvalue weighted by Gasteiger charge is -2.37. The van der Waals surface area contributed by atoms with Crippen LogP contribution in [-0.2, 0) is 9.59 Å². The number of amides is 2. The minimum absolute atomic E-state index is 0.0697. The Hall–Kier alpha value is -2.66. The Kier molecular flexibility index (Phi) is 6.02. The summed E-state index contributed by atoms with van der Waals surface area (Å²) in [5.41, 5.74) is 2.42. The van der Waals surface area contributed by atoms with Crippen molar-refractivity contribution < 1.29 is 9.59 Å². The maximum absolute atomic E-state index is 12.4. The minimum atomic E-state index is -0.432. The van der Waals surface area contributed by atoms with Crippen LogP contribution in [0.25, 0.3) is 0 Å². The molecule has 5 nitrogen and oxygen atoms in total. The van der Waals surface area contributed by atoms with Crippen molar-refractivity contribution in [2.24, 2.45) is 0 Å². The Morgan fingerprint density at radius 3 is 2.23 bits per heavy atom. The Morgan fingerprint density at radius 2 is 1.69 bits per heavy atom. The summed E-state index contributed by atoms with van der Waals surface area (Å²) in [5, 5.41) is 5.51. The molecule has 1 fully saturated rings. The van der Waals surface area contributed by atoms with E-state index in [0.29, 0.717) is 13.1 Å². The highest BCUT2D eigenvalue weighted by Gasteiger charge is 2.33. The van der Waals surface area contributed by atoms with Crippen LogP contribution >= 0.6 is 0 Å². The summed E-state index contributed by atoms with van der Waals surface area (Å²) in [6.45, 7) is 2.05. The molecule has 2 aromatic rings. The molecule has 0 bridgehead atoms. The van der Waals surface area contributed by atoms with Crippen molar-refractivity contribution in [2.45, 2.75) is 18.4 Å². The third kappa shape index (κ3) is 4.29. The molecular formula is C21H25N3O2. The van der Waals surface area contributed by atoms with Gasteiger partial charge in [-0.1, -0.05) is 60.7 Å². The first kappa shape index (κ1) is 18.1. The minimum Gasteiger partial charge on any atom is -0.359 e. The first-order chi connectivity index (χ1) is 12.7. The van der Waals surface area contributed by atoms with E-state index in [2.05, 4.69) is 39.8 Å². The van der Waals surface area contributed by atoms with Gasteiger partial charge in [-0.05, 0) is 11.1 Å². The summed E-state index contributed by atoms with van der Waals surface area (Å²) >= 11 is 0. The Labute approximate surface area is 154 Å². The molecule has 2 amide bonds. The van der Waals surface area contributed by atoms with Gasteiger partial charge in [-0.3, -0.25) is 14.5 Å². The number of benzene rings is 2. The van der Waals surface area contributed by atoms with Gasteiger partial charge >= 0.3 is 0 Å². The van der Waals surface area contributed by atoms with Gasteiger partial charge in [0.1, 0.15) is 0 Å². The zero-order chi connectivity index (χ0) is 18.4. The zero-order valence-electron chi connectivity index (χ0n) is 15.0. The van der Waals surface area contributed by atoms with E-state index >= 15 is 0 Å². The molecule has 0 unspecified atom stereocenters. The molecule has 0 radical (unpaired) electrons. The van der Waals surface area contributed by atoms with Crippen molar-refractivity contribution in [1.29, 1.82) is 0 Å². The number of nitrogens with zero attached hydrogens (tertiary/aromatic N) is 1. The van der Waals surface area contributed by atoms with Gasteiger partial charge in [0.2, 0.25) is 11.8 Å². The third-order valence-electron chi connectivity index (χ3n) is 4.92. The van der Waals surface area contributed by atoms with Gasteiger partial charge in [-0.2, -0.15) is 0 Å². The molecule has 136 valence electrons. The van der Waals surface area contributed by atoms with Crippen molar-refractivity contribution in [1.82, 2.24) is 15.5 Å². The number of hydrogen-bond donors (Lipinski definition) is 2. The highest BCUT2D eigenvalue weighted by atomic mass is 16.2. The number of rotatable bonds is 6. The fourth-order valence-corrected chi connectivity index (χ4v) is 3.49. The summed E-state index contributed by atoms with van der Waals surface area (Å²) in [6, 6.07) is 20.2. The molecule has 0 saturated carbocycles. The fourth-order valence-electron chi connectivity index (χ4n) is 3.49. The second-order valence-corrected chi connectivity index (χ2v) is 6.55. The molecule has 2 aromatic carbocycles. The largest absolute Gasteiger partial charge is 0.359 e. The van der Waals surface area contributed by atoms with Crippen LogP contribution in [0.3, 0.4) is 0 Å². The number of piperazine rings is 1. The molecule has 26 heavy (non-hydrogen) atoms. The smallest absolute Gasteiger partial charge is 0.237 e. The molecule has 0 aliphatic carbocycles. The van der Waals surface area contributed by atoms with E-state index in [1.807, 2.05) is 36.4 Å². The number of carbonyl (C=O) groups is 2. The van der Waals surface area contributed by atoms with E-state index in [4.69, 9.17) is 0 Å². The van der Waals surface area contributed by atoms with E-state index in [0.717, 1.165) is 6.54 Å². The lowest BCUT2D eigenvalue weighted by molar-refractivity contribution is -0.133. The standard InChI is InChI=1S/C21H25N3O2/c1-22-20(25)14-19-21(26)23-12-13-24(19)15-18(16-8-4-2-5-9-16)17-10-6-3-7-11-17/h2-11,18-19H,12-15H2,1H3,(H,22,25)(H,23,26)/t19-/m0/s1. The lowest BCUT2D eigenvalue weighted by atomic mass is 9.90. The first-order valence-corrected chi connectivity index (χ1v) is 9.01. The van der Waals surface area contributed by atoms with Crippen LogP contribution in [0.15, 0.2) is 60.7 Å². The van der Waals surface area contributed by atoms with Gasteiger partial charge < -0.3 is 10.6 Å². The number of hydrogen-bond acceptors (Lipinski definition) is 3. The predicted octanol–water partition coefficient (Wildman–Crippen LogP) is 1.76. The van der Waals surface area contributed by atoms with Crippen molar-refractivity contribution in [3.63, 3.8) is 0 Å². The highest BCUT2D eigenvalue weighted by Crippen LogP contribution is 2.27. The van der Waals surface area contributed by atoms with Crippen LogP contribution in [0.1, 0.15) is 23.5 Å². The van der Waals surface area contributed by atoms with E-state index in [1.165, 1.54) is 11.1 Å². The van der Waals surface area contributed by atoms with E-state index < -0.39 is 6.04 Å². The fraction of sp³-hybridized carbons (Fsp3) is 0.333. The van der Waals surface area contributed by atoms with Gasteiger partial charge in [0.15, 0.2) is 0 Å². The van der Waals surface area contributed by atoms with Crippen LogP contribution in [0.4, 0.5) is 0 Å². The first-order valence-electron chi connectivity index (χ1n) is 9.01. The van der Waals surface area contributed by atoms with Crippen LogP contribution in [0.5, 0.6) is 0 Å². The van der Waals surface area contributed by atoms with Gasteiger partial charge in [0, 0.05) is 32.6 Å². The molecule has 0 spiro atoms. The van der Waals surface area contributed by atoms with Crippen LogP contribution in [0.2, 0.25) is 0 Å². The van der Waals surface area contributed by atoms with Crippen molar-refractivity contribution in [3.8, 4) is 0 Å². The molecule has 5 heteroatoms. The van der Waals surface area contributed by atoms with E-state index in [9.17, 15) is 9.59 Å². The average molecular weight is 351 g/mol. The lowest BCUT2D eigenvalue weighted by Crippen LogP contribution is -2.57. The topological polar surface area (TPSA) is 61.4 Å². The van der Waals surface area contributed by atoms with Gasteiger partial charge in [0.05, 0.1) is 12.5 Å². The molecule has 2 N–H and O–H groups in total. The van der Waals surface area contributed by atoms with Crippen LogP contribution < -0.4 is 10.6 Å². The molecule has 1 heterocycles. The maximum atomic E-state index is 12.4. The van der Waals surface area contributed by atoms with Crippen LogP contribution in [-0.4, -0.2) is 49.4 Å². The van der Waals surface area contributed by atoms with Gasteiger partial charge in [-0.25, -0.2) is 0 Å². The summed E-state index contributed by atoms with van der Waals surface area (Å²) in [6.07, 6.45) is 0.179. The quantitative estimate of drug-likeness (QED) is 0.834. The molecular weight excluding hydrogens is 326 g/mol. The summed E-state index contributed by atoms with van der Waals surface area (Å²) < 4.78 is 0. The van der Waals surface area contributed by atoms with Crippen molar-refractivity contribution in [2.75, 3.05) is 26.7 Å². The van der Waals surface area contributed by atoms with Gasteiger partial charge in [-0.15, -0.1) is 0 Å². The van der Waals surface area contributed by atoms with Crippen molar-refractivity contribution in [3.05, 3.63) is 71.8 Å². The number of carbonyl (C=O) groups excluding carboxylic acids is 2. The molecule has 1 aliphatic heterocycles. The number of nitrogens with one attached hydrogen (secondary N) is 2. The predicted molar refractivity (Wildman–Crippen MR) is 102 cm³/mol. The van der Waals surface area contributed by atoms with E-state index in [1.54, 1.807) is 7.05 Å². The second kappa shape index (κ2) is 8.63. The SMILES string of the molecule is CNC(=O)C[C@H]1C(=O)NCCN1CC(c1ccccc1)c1ccccc1. The zero-order valence-corrected chi connectivity index (χ0v) is 15.0. The van der Waals surface area contributed by atoms with Crippen molar-refractivity contribution >= 4 is 11.8 Å². The normalized spacial score (nSPS) is 17.8. The Balaban J connectivity index is 1.87. The Morgan fingerprint density at radius 1 is 1.12 bits per heavy atom. The van der Waals surface area contributed by atoms with Gasteiger partial charge in [0.25, 0.3) is 0 Å². The third-order valence-corrected chi connectivity index (χ3v) is 4.92. The summed E-state index contributed by atoms with van der Waals surface area (Å²) in [7, 11) is 1.60. The molecule has 0 aromatic heterocycles. The van der Waals surface area contributed by atoms with Crippen LogP contribution in [0, 0.1) is 0 Å². The Bertz CT molecular complexity index is 694. The summed E-state index contributed by atoms with van der Waals surface area (Å²) in [5.74, 6) is -0.0387. The monoisotopic (exact) mass is 351 g/mol. The molecule has 3 rings (SSSR count). The molecule has 1 aliphatic rings. The highest BCUT2D eigenvalue weighted by molar-refractivity contribution is 5.88. The summed E-state index contributed by atoms with van der Waals surface area (Å²) in [4.78, 5) is 26.4. The molecule has 1 atom stereocenters. The second-order valence-electron chi connectivity index (χ2n) is 6.55. The average Bonchev–Trinajstić information content (AvgIpc) is 2.69. The maximum Gasteiger partial charge on any atom is 0.237 e.